The van der Waals surface area contributed by atoms with Gasteiger partial charge in [-0.1, -0.05) is 6.07 Å². The first-order valence-corrected chi connectivity index (χ1v) is 6.34. The molecule has 1 heterocycles. The molecule has 2 N–H and O–H groups in total. The van der Waals surface area contributed by atoms with Crippen molar-refractivity contribution in [3.05, 3.63) is 34.1 Å². The summed E-state index contributed by atoms with van der Waals surface area (Å²) in [4.78, 5) is 13.3. The number of benzene rings is 1. The Hall–Kier alpha value is -1.43. The molecule has 1 aromatic carbocycles. The predicted octanol–water partition coefficient (Wildman–Crippen LogP) is 3.04. The number of nitrogens with zero attached hydrogens (tertiary/aromatic N) is 1. The third-order valence-electron chi connectivity index (χ3n) is 2.84. The van der Waals surface area contributed by atoms with Crippen molar-refractivity contribution in [1.82, 2.24) is 10.2 Å². The number of carbonyl (C=O) groups excluding carboxylic acids is 1. The van der Waals surface area contributed by atoms with Crippen molar-refractivity contribution >= 4 is 27.8 Å². The molecule has 0 aliphatic carbocycles. The summed E-state index contributed by atoms with van der Waals surface area (Å²) in [6.07, 6.45) is 0. The fourth-order valence-electron chi connectivity index (χ4n) is 2.05. The molecule has 0 spiro atoms. The zero-order valence-electron chi connectivity index (χ0n) is 10.00. The number of halogens is 2. The van der Waals surface area contributed by atoms with Crippen molar-refractivity contribution in [1.29, 1.82) is 5.41 Å². The number of amides is 2. The van der Waals surface area contributed by atoms with Crippen LogP contribution in [0.3, 0.4) is 0 Å². The van der Waals surface area contributed by atoms with Crippen molar-refractivity contribution in [3.63, 3.8) is 0 Å². The van der Waals surface area contributed by atoms with Crippen molar-refractivity contribution < 1.29 is 9.18 Å². The van der Waals surface area contributed by atoms with Crippen molar-refractivity contribution in [2.24, 2.45) is 0 Å². The second kappa shape index (κ2) is 4.68. The molecule has 0 aromatic heterocycles. The molecular weight excluding hydrogens is 301 g/mol. The summed E-state index contributed by atoms with van der Waals surface area (Å²) in [6.45, 7) is 3.72. The zero-order valence-corrected chi connectivity index (χ0v) is 11.6. The minimum absolute atomic E-state index is 0.0652. The maximum atomic E-state index is 13.5. The van der Waals surface area contributed by atoms with Crippen LogP contribution >= 0.6 is 15.9 Å². The normalized spacial score (nSPS) is 19.6. The second-order valence-electron chi connectivity index (χ2n) is 4.42. The Morgan fingerprint density at radius 3 is 2.72 bits per heavy atom. The highest BCUT2D eigenvalue weighted by Gasteiger charge is 2.38. The SMILES string of the molecule is CC(C)N1C(=O)NC(=N)C1c1ccc(Br)c(F)c1. The van der Waals surface area contributed by atoms with E-state index in [0.29, 0.717) is 10.0 Å². The lowest BCUT2D eigenvalue weighted by atomic mass is 10.0. The van der Waals surface area contributed by atoms with Crippen LogP contribution in [0.4, 0.5) is 9.18 Å². The fraction of sp³-hybridized carbons (Fsp3) is 0.333. The molecule has 1 aliphatic heterocycles. The molecule has 1 aromatic rings. The van der Waals surface area contributed by atoms with E-state index in [9.17, 15) is 9.18 Å². The van der Waals surface area contributed by atoms with Gasteiger partial charge in [0.05, 0.1) is 4.47 Å². The Morgan fingerprint density at radius 1 is 1.50 bits per heavy atom. The van der Waals surface area contributed by atoms with Crippen molar-refractivity contribution in [2.75, 3.05) is 0 Å². The lowest BCUT2D eigenvalue weighted by Crippen LogP contribution is -2.35. The van der Waals surface area contributed by atoms with E-state index in [4.69, 9.17) is 5.41 Å². The number of urea groups is 1. The first-order valence-electron chi connectivity index (χ1n) is 5.54. The minimum atomic E-state index is -0.542. The Labute approximate surface area is 113 Å². The number of nitrogens with one attached hydrogen (secondary N) is 2. The first-order chi connectivity index (χ1) is 8.41. The summed E-state index contributed by atoms with van der Waals surface area (Å²) >= 11 is 3.08. The average Bonchev–Trinajstić information content (AvgIpc) is 2.57. The van der Waals surface area contributed by atoms with Gasteiger partial charge < -0.3 is 4.90 Å². The van der Waals surface area contributed by atoms with E-state index in [1.807, 2.05) is 13.8 Å². The molecule has 18 heavy (non-hydrogen) atoms. The van der Waals surface area contributed by atoms with E-state index in [1.165, 1.54) is 11.0 Å². The van der Waals surface area contributed by atoms with Crippen LogP contribution in [-0.4, -0.2) is 22.8 Å². The zero-order chi connectivity index (χ0) is 13.4. The smallest absolute Gasteiger partial charge is 0.308 e. The number of hydrogen-bond donors (Lipinski definition) is 2. The Kier molecular flexibility index (Phi) is 3.38. The van der Waals surface area contributed by atoms with Crippen LogP contribution in [0, 0.1) is 11.2 Å². The molecule has 4 nitrogen and oxygen atoms in total. The summed E-state index contributed by atoms with van der Waals surface area (Å²) in [5.74, 6) is -0.321. The van der Waals surface area contributed by atoms with Crippen LogP contribution in [0.5, 0.6) is 0 Å². The van der Waals surface area contributed by atoms with Gasteiger partial charge in [0.25, 0.3) is 0 Å². The molecule has 1 unspecified atom stereocenters. The average molecular weight is 314 g/mol. The van der Waals surface area contributed by atoms with Gasteiger partial charge in [-0.3, -0.25) is 10.7 Å². The molecule has 1 fully saturated rings. The summed E-state index contributed by atoms with van der Waals surface area (Å²) in [6, 6.07) is 3.72. The molecule has 1 saturated heterocycles. The van der Waals surface area contributed by atoms with Crippen LogP contribution < -0.4 is 5.32 Å². The lowest BCUT2D eigenvalue weighted by Gasteiger charge is -2.26. The van der Waals surface area contributed by atoms with Gasteiger partial charge in [-0.2, -0.15) is 0 Å². The maximum absolute atomic E-state index is 13.5. The molecule has 2 amide bonds. The van der Waals surface area contributed by atoms with E-state index >= 15 is 0 Å². The molecule has 0 radical (unpaired) electrons. The van der Waals surface area contributed by atoms with Gasteiger partial charge >= 0.3 is 6.03 Å². The van der Waals surface area contributed by atoms with E-state index in [1.54, 1.807) is 12.1 Å². The largest absolute Gasteiger partial charge is 0.323 e. The standard InChI is InChI=1S/C12H13BrFN3O/c1-6(2)17-10(11(15)16-12(17)18)7-3-4-8(13)9(14)5-7/h3-6,10H,1-2H3,(H2,15,16,18). The summed E-state index contributed by atoms with van der Waals surface area (Å²) in [5, 5.41) is 10.3. The van der Waals surface area contributed by atoms with Gasteiger partial charge in [-0.15, -0.1) is 0 Å². The number of hydrogen-bond acceptors (Lipinski definition) is 2. The highest BCUT2D eigenvalue weighted by atomic mass is 79.9. The Bertz CT molecular complexity index is 518. The van der Waals surface area contributed by atoms with Gasteiger partial charge in [-0.05, 0) is 47.5 Å². The fourth-order valence-corrected chi connectivity index (χ4v) is 2.29. The monoisotopic (exact) mass is 313 g/mol. The molecular formula is C12H13BrFN3O. The quantitative estimate of drug-likeness (QED) is 0.866. The number of amidine groups is 1. The van der Waals surface area contributed by atoms with Crippen LogP contribution in [0.25, 0.3) is 0 Å². The third-order valence-corrected chi connectivity index (χ3v) is 3.49. The van der Waals surface area contributed by atoms with Gasteiger partial charge in [0.15, 0.2) is 0 Å². The van der Waals surface area contributed by atoms with E-state index in [2.05, 4.69) is 21.2 Å². The first kappa shape index (κ1) is 13.0. The minimum Gasteiger partial charge on any atom is -0.308 e. The van der Waals surface area contributed by atoms with E-state index in [-0.39, 0.29) is 17.9 Å². The number of rotatable bonds is 2. The molecule has 6 heteroatoms. The lowest BCUT2D eigenvalue weighted by molar-refractivity contribution is 0.190. The molecule has 96 valence electrons. The van der Waals surface area contributed by atoms with Crippen LogP contribution in [-0.2, 0) is 0 Å². The molecule has 0 bridgehead atoms. The maximum Gasteiger partial charge on any atom is 0.323 e. The van der Waals surface area contributed by atoms with Crippen LogP contribution in [0.1, 0.15) is 25.5 Å². The number of carbonyl (C=O) groups is 1. The van der Waals surface area contributed by atoms with Crippen molar-refractivity contribution in [3.8, 4) is 0 Å². The second-order valence-corrected chi connectivity index (χ2v) is 5.28. The van der Waals surface area contributed by atoms with Gasteiger partial charge in [0.2, 0.25) is 0 Å². The summed E-state index contributed by atoms with van der Waals surface area (Å²) in [7, 11) is 0. The molecule has 1 aliphatic rings. The highest BCUT2D eigenvalue weighted by molar-refractivity contribution is 9.10. The van der Waals surface area contributed by atoms with Crippen LogP contribution in [0.15, 0.2) is 22.7 Å². The Balaban J connectivity index is 2.43. The van der Waals surface area contributed by atoms with Crippen LogP contribution in [0.2, 0.25) is 0 Å². The molecule has 1 atom stereocenters. The predicted molar refractivity (Wildman–Crippen MR) is 70.1 cm³/mol. The van der Waals surface area contributed by atoms with E-state index in [0.717, 1.165) is 0 Å². The van der Waals surface area contributed by atoms with E-state index < -0.39 is 11.9 Å². The Morgan fingerprint density at radius 2 is 2.17 bits per heavy atom. The van der Waals surface area contributed by atoms with Gasteiger partial charge in [-0.25, -0.2) is 9.18 Å². The summed E-state index contributed by atoms with van der Waals surface area (Å²) < 4.78 is 13.9. The van der Waals surface area contributed by atoms with Crippen molar-refractivity contribution in [2.45, 2.75) is 25.9 Å². The highest BCUT2D eigenvalue weighted by Crippen LogP contribution is 2.30. The molecule has 0 saturated carbocycles. The third kappa shape index (κ3) is 2.12. The topological polar surface area (TPSA) is 56.2 Å². The van der Waals surface area contributed by atoms with Gasteiger partial charge in [0, 0.05) is 6.04 Å². The summed E-state index contributed by atoms with van der Waals surface area (Å²) in [5.41, 5.74) is 0.591. The molecule has 2 rings (SSSR count). The van der Waals surface area contributed by atoms with Gasteiger partial charge in [0.1, 0.15) is 17.7 Å².